The molecule has 0 spiro atoms. The first-order valence-electron chi connectivity index (χ1n) is 7.09. The number of nitrogens with one attached hydrogen (secondary N) is 3. The Morgan fingerprint density at radius 3 is 3.05 bits per heavy atom. The van der Waals surface area contributed by atoms with Crippen LogP contribution in [0.15, 0.2) is 29.2 Å². The first-order valence-corrected chi connectivity index (χ1v) is 7.47. The summed E-state index contributed by atoms with van der Waals surface area (Å²) in [6.45, 7) is 5.06. The maximum absolute atomic E-state index is 11.7. The van der Waals surface area contributed by atoms with Gasteiger partial charge in [-0.2, -0.15) is 5.10 Å². The number of anilines is 3. The van der Waals surface area contributed by atoms with Crippen LogP contribution >= 0.6 is 11.6 Å². The molecule has 0 aromatic carbocycles. The van der Waals surface area contributed by atoms with E-state index in [-0.39, 0.29) is 10.7 Å². The fourth-order valence-corrected chi connectivity index (χ4v) is 2.62. The number of hydrogen-bond donors (Lipinski definition) is 3. The highest BCUT2D eigenvalue weighted by molar-refractivity contribution is 6.29. The molecule has 0 amide bonds. The molecule has 1 fully saturated rings. The van der Waals surface area contributed by atoms with Gasteiger partial charge >= 0.3 is 0 Å². The average molecular weight is 321 g/mol. The van der Waals surface area contributed by atoms with Crippen LogP contribution in [-0.4, -0.2) is 40.9 Å². The van der Waals surface area contributed by atoms with E-state index >= 15 is 0 Å². The summed E-state index contributed by atoms with van der Waals surface area (Å²) >= 11 is 5.77. The zero-order chi connectivity index (χ0) is 15.5. The predicted octanol–water partition coefficient (Wildman–Crippen LogP) is 1.36. The molecule has 0 unspecified atom stereocenters. The van der Waals surface area contributed by atoms with Crippen LogP contribution in [0.4, 0.5) is 17.2 Å². The minimum absolute atomic E-state index is 0.216. The molecule has 8 heteroatoms. The van der Waals surface area contributed by atoms with Crippen molar-refractivity contribution in [3.8, 4) is 0 Å². The van der Waals surface area contributed by atoms with Crippen molar-refractivity contribution >= 4 is 28.8 Å². The standard InChI is InChI=1S/C14H17ClN6O/c1-9-7-16-4-5-21(9)10-2-3-13(17-8-10)18-11-6-12(15)19-20-14(11)22/h2-3,6,8-9,16H,4-5,7H2,1H3,(H,20,22)(H,17,18,19)/t9-/m0/s1. The molecule has 1 saturated heterocycles. The van der Waals surface area contributed by atoms with Gasteiger partial charge in [0.2, 0.25) is 0 Å². The maximum Gasteiger partial charge on any atom is 0.287 e. The van der Waals surface area contributed by atoms with Crippen LogP contribution in [0.1, 0.15) is 6.92 Å². The lowest BCUT2D eigenvalue weighted by Gasteiger charge is -2.35. The molecule has 2 aromatic rings. The summed E-state index contributed by atoms with van der Waals surface area (Å²) in [6.07, 6.45) is 1.81. The van der Waals surface area contributed by atoms with Gasteiger partial charge < -0.3 is 15.5 Å². The van der Waals surface area contributed by atoms with E-state index in [0.717, 1.165) is 25.3 Å². The number of halogens is 1. The lowest BCUT2D eigenvalue weighted by Crippen LogP contribution is -2.49. The number of H-pyrrole nitrogens is 1. The van der Waals surface area contributed by atoms with Gasteiger partial charge in [-0.3, -0.25) is 4.79 Å². The molecule has 2 aromatic heterocycles. The van der Waals surface area contributed by atoms with Crippen LogP contribution in [0, 0.1) is 0 Å². The Labute approximate surface area is 132 Å². The highest BCUT2D eigenvalue weighted by Crippen LogP contribution is 2.20. The van der Waals surface area contributed by atoms with Crippen LogP contribution in [0.5, 0.6) is 0 Å². The predicted molar refractivity (Wildman–Crippen MR) is 87.1 cm³/mol. The lowest BCUT2D eigenvalue weighted by molar-refractivity contribution is 0.500. The minimum atomic E-state index is -0.342. The third-order valence-corrected chi connectivity index (χ3v) is 3.81. The van der Waals surface area contributed by atoms with Crippen molar-refractivity contribution in [2.24, 2.45) is 0 Å². The van der Waals surface area contributed by atoms with Gasteiger partial charge in [0.1, 0.15) is 11.5 Å². The summed E-state index contributed by atoms with van der Waals surface area (Å²) in [5.41, 5.74) is 1.04. The Kier molecular flexibility index (Phi) is 4.26. The fourth-order valence-electron chi connectivity index (χ4n) is 2.47. The average Bonchev–Trinajstić information content (AvgIpc) is 2.52. The van der Waals surface area contributed by atoms with Gasteiger partial charge in [0.05, 0.1) is 11.9 Å². The molecule has 0 bridgehead atoms. The van der Waals surface area contributed by atoms with E-state index in [1.807, 2.05) is 12.1 Å². The number of pyridine rings is 1. The minimum Gasteiger partial charge on any atom is -0.365 e. The first-order chi connectivity index (χ1) is 10.6. The van der Waals surface area contributed by atoms with Crippen molar-refractivity contribution in [3.05, 3.63) is 39.9 Å². The van der Waals surface area contributed by atoms with Crippen molar-refractivity contribution in [2.45, 2.75) is 13.0 Å². The first kappa shape index (κ1) is 14.8. The van der Waals surface area contributed by atoms with Gasteiger partial charge in [0, 0.05) is 31.7 Å². The third kappa shape index (κ3) is 3.20. The van der Waals surface area contributed by atoms with Gasteiger partial charge in [-0.15, -0.1) is 0 Å². The van der Waals surface area contributed by atoms with E-state index in [2.05, 4.69) is 37.6 Å². The molecule has 7 nitrogen and oxygen atoms in total. The molecule has 1 aliphatic heterocycles. The van der Waals surface area contributed by atoms with E-state index in [9.17, 15) is 4.79 Å². The molecule has 3 rings (SSSR count). The molecule has 1 aliphatic rings. The highest BCUT2D eigenvalue weighted by atomic mass is 35.5. The monoisotopic (exact) mass is 320 g/mol. The van der Waals surface area contributed by atoms with Crippen molar-refractivity contribution in [2.75, 3.05) is 29.9 Å². The topological polar surface area (TPSA) is 85.9 Å². The molecule has 116 valence electrons. The van der Waals surface area contributed by atoms with Gasteiger partial charge in [0.25, 0.3) is 5.56 Å². The Morgan fingerprint density at radius 1 is 1.45 bits per heavy atom. The zero-order valence-corrected chi connectivity index (χ0v) is 12.9. The number of aromatic nitrogens is 3. The SMILES string of the molecule is C[C@H]1CNCCN1c1ccc(Nc2cc(Cl)n[nH]c2=O)nc1. The second-order valence-electron chi connectivity index (χ2n) is 5.21. The number of piperazine rings is 1. The van der Waals surface area contributed by atoms with E-state index in [1.54, 1.807) is 6.20 Å². The summed E-state index contributed by atoms with van der Waals surface area (Å²) < 4.78 is 0. The van der Waals surface area contributed by atoms with Crippen LogP contribution in [0.3, 0.4) is 0 Å². The molecule has 1 atom stereocenters. The molecule has 0 radical (unpaired) electrons. The number of rotatable bonds is 3. The summed E-state index contributed by atoms with van der Waals surface area (Å²) in [5.74, 6) is 0.583. The van der Waals surface area contributed by atoms with Crippen molar-refractivity contribution < 1.29 is 0 Å². The van der Waals surface area contributed by atoms with Gasteiger partial charge in [0.15, 0.2) is 5.15 Å². The summed E-state index contributed by atoms with van der Waals surface area (Å²) in [7, 11) is 0. The Hall–Kier alpha value is -2.12. The molecule has 22 heavy (non-hydrogen) atoms. The largest absolute Gasteiger partial charge is 0.365 e. The second kappa shape index (κ2) is 6.33. The molecule has 3 heterocycles. The maximum atomic E-state index is 11.7. The molecule has 0 saturated carbocycles. The Morgan fingerprint density at radius 2 is 2.32 bits per heavy atom. The van der Waals surface area contributed by atoms with Gasteiger partial charge in [-0.05, 0) is 19.1 Å². The van der Waals surface area contributed by atoms with E-state index < -0.39 is 0 Å². The number of hydrogen-bond acceptors (Lipinski definition) is 6. The lowest BCUT2D eigenvalue weighted by atomic mass is 10.2. The summed E-state index contributed by atoms with van der Waals surface area (Å²) in [6, 6.07) is 5.73. The third-order valence-electron chi connectivity index (χ3n) is 3.62. The Balaban J connectivity index is 1.76. The molecular weight excluding hydrogens is 304 g/mol. The van der Waals surface area contributed by atoms with Crippen LogP contribution in [-0.2, 0) is 0 Å². The zero-order valence-electron chi connectivity index (χ0n) is 12.1. The van der Waals surface area contributed by atoms with Gasteiger partial charge in [-0.1, -0.05) is 11.6 Å². The summed E-state index contributed by atoms with van der Waals surface area (Å²) in [4.78, 5) is 18.3. The van der Waals surface area contributed by atoms with E-state index in [0.29, 0.717) is 17.5 Å². The van der Waals surface area contributed by atoms with Crippen LogP contribution in [0.25, 0.3) is 0 Å². The van der Waals surface area contributed by atoms with E-state index in [4.69, 9.17) is 11.6 Å². The Bertz CT molecular complexity index is 701. The van der Waals surface area contributed by atoms with Crippen molar-refractivity contribution in [3.63, 3.8) is 0 Å². The number of aromatic amines is 1. The molecule has 3 N–H and O–H groups in total. The molecular formula is C14H17ClN6O. The van der Waals surface area contributed by atoms with E-state index in [1.165, 1.54) is 6.07 Å². The van der Waals surface area contributed by atoms with Gasteiger partial charge in [-0.25, -0.2) is 10.1 Å². The van der Waals surface area contributed by atoms with Crippen molar-refractivity contribution in [1.82, 2.24) is 20.5 Å². The van der Waals surface area contributed by atoms with Crippen LogP contribution < -0.4 is 21.1 Å². The highest BCUT2D eigenvalue weighted by Gasteiger charge is 2.18. The number of nitrogens with zero attached hydrogens (tertiary/aromatic N) is 3. The smallest absolute Gasteiger partial charge is 0.287 e. The fraction of sp³-hybridized carbons (Fsp3) is 0.357. The normalized spacial score (nSPS) is 18.3. The molecule has 0 aliphatic carbocycles. The second-order valence-corrected chi connectivity index (χ2v) is 5.59. The van der Waals surface area contributed by atoms with Crippen molar-refractivity contribution in [1.29, 1.82) is 0 Å². The summed E-state index contributed by atoms with van der Waals surface area (Å²) in [5, 5.41) is 12.5. The van der Waals surface area contributed by atoms with Crippen LogP contribution in [0.2, 0.25) is 5.15 Å². The quantitative estimate of drug-likeness (QED) is 0.791.